The summed E-state index contributed by atoms with van der Waals surface area (Å²) in [5, 5.41) is 13.1. The number of rotatable bonds is 13. The summed E-state index contributed by atoms with van der Waals surface area (Å²) in [6.45, 7) is 8.84. The number of ether oxygens (including phenoxy) is 1. The average molecular weight is 593 g/mol. The first-order valence-electron chi connectivity index (χ1n) is 14.8. The zero-order valence-corrected chi connectivity index (χ0v) is 25.7. The van der Waals surface area contributed by atoms with Crippen LogP contribution in [-0.2, 0) is 16.0 Å². The Kier molecular flexibility index (Phi) is 10.6. The summed E-state index contributed by atoms with van der Waals surface area (Å²) in [6.07, 6.45) is 0.616. The monoisotopic (exact) mass is 592 g/mol. The number of ketones is 1. The van der Waals surface area contributed by atoms with Gasteiger partial charge in [-0.05, 0) is 59.9 Å². The molecule has 1 amide bonds. The van der Waals surface area contributed by atoms with E-state index in [2.05, 4.69) is 5.32 Å². The van der Waals surface area contributed by atoms with Gasteiger partial charge < -0.3 is 20.1 Å². The SMILES string of the molecule is Cc1cccc(N(CCOc2ccc(CC(Nc3ccccc3C(=O)c3ccccc3)C(=O)O)cc2)C(=O)CC(C)(C)C)c1. The number of carbonyl (C=O) groups is 3. The Morgan fingerprint density at radius 1 is 0.864 bits per heavy atom. The van der Waals surface area contributed by atoms with Gasteiger partial charge in [-0.25, -0.2) is 4.79 Å². The lowest BCUT2D eigenvalue weighted by molar-refractivity contribution is -0.137. The Morgan fingerprint density at radius 2 is 1.55 bits per heavy atom. The molecule has 4 aromatic carbocycles. The Bertz CT molecular complexity index is 1580. The standard InChI is InChI=1S/C37H40N2O5/c1-26-11-10-14-29(23-26)39(34(40)25-37(2,3)4)21-22-44-30-19-17-27(18-20-30)24-33(36(42)43)38-32-16-9-8-15-31(32)35(41)28-12-6-5-7-13-28/h5-20,23,33,38H,21-22,24-25H2,1-4H3,(H,42,43). The predicted molar refractivity (Wildman–Crippen MR) is 175 cm³/mol. The van der Waals surface area contributed by atoms with E-state index in [1.165, 1.54) is 0 Å². The van der Waals surface area contributed by atoms with Crippen LogP contribution in [0.1, 0.15) is 54.2 Å². The van der Waals surface area contributed by atoms with Gasteiger partial charge in [0.2, 0.25) is 5.91 Å². The zero-order chi connectivity index (χ0) is 31.7. The zero-order valence-electron chi connectivity index (χ0n) is 25.7. The molecule has 44 heavy (non-hydrogen) atoms. The highest BCUT2D eigenvalue weighted by molar-refractivity contribution is 6.12. The fourth-order valence-corrected chi connectivity index (χ4v) is 4.89. The smallest absolute Gasteiger partial charge is 0.326 e. The van der Waals surface area contributed by atoms with Crippen LogP contribution in [0.4, 0.5) is 11.4 Å². The van der Waals surface area contributed by atoms with Crippen molar-refractivity contribution in [3.8, 4) is 5.75 Å². The summed E-state index contributed by atoms with van der Waals surface area (Å²) in [5.41, 5.74) is 3.99. The largest absolute Gasteiger partial charge is 0.492 e. The Labute approximate surface area is 259 Å². The van der Waals surface area contributed by atoms with Crippen molar-refractivity contribution in [1.82, 2.24) is 0 Å². The number of hydrogen-bond donors (Lipinski definition) is 2. The van der Waals surface area contributed by atoms with Gasteiger partial charge in [-0.3, -0.25) is 9.59 Å². The maximum Gasteiger partial charge on any atom is 0.326 e. The van der Waals surface area contributed by atoms with Crippen molar-refractivity contribution >= 4 is 29.0 Å². The van der Waals surface area contributed by atoms with Gasteiger partial charge in [0.25, 0.3) is 0 Å². The van der Waals surface area contributed by atoms with E-state index < -0.39 is 12.0 Å². The summed E-state index contributed by atoms with van der Waals surface area (Å²) in [4.78, 5) is 40.3. The second kappa shape index (κ2) is 14.5. The predicted octanol–water partition coefficient (Wildman–Crippen LogP) is 7.18. The Balaban J connectivity index is 1.40. The van der Waals surface area contributed by atoms with E-state index in [0.717, 1.165) is 16.8 Å². The second-order valence-corrected chi connectivity index (χ2v) is 12.1. The lowest BCUT2D eigenvalue weighted by Crippen LogP contribution is -2.36. The molecule has 7 heteroatoms. The normalized spacial score (nSPS) is 11.8. The third-order valence-corrected chi connectivity index (χ3v) is 7.08. The van der Waals surface area contributed by atoms with Gasteiger partial charge >= 0.3 is 5.97 Å². The molecule has 7 nitrogen and oxygen atoms in total. The first kappa shape index (κ1) is 32.0. The molecule has 0 aliphatic carbocycles. The Morgan fingerprint density at radius 3 is 2.20 bits per heavy atom. The summed E-state index contributed by atoms with van der Waals surface area (Å²) in [6, 6.07) is 30.0. The van der Waals surface area contributed by atoms with Crippen LogP contribution in [0.5, 0.6) is 5.75 Å². The molecular formula is C37H40N2O5. The van der Waals surface area contributed by atoms with Crippen LogP contribution in [0.15, 0.2) is 103 Å². The molecule has 228 valence electrons. The third-order valence-electron chi connectivity index (χ3n) is 7.08. The molecule has 0 heterocycles. The molecule has 0 fully saturated rings. The van der Waals surface area contributed by atoms with E-state index in [0.29, 0.717) is 42.1 Å². The fraction of sp³-hybridized carbons (Fsp3) is 0.270. The highest BCUT2D eigenvalue weighted by Gasteiger charge is 2.23. The van der Waals surface area contributed by atoms with Crippen molar-refractivity contribution in [2.75, 3.05) is 23.4 Å². The van der Waals surface area contributed by atoms with Crippen LogP contribution < -0.4 is 15.0 Å². The van der Waals surface area contributed by atoms with Crippen molar-refractivity contribution < 1.29 is 24.2 Å². The van der Waals surface area contributed by atoms with Crippen LogP contribution in [0.2, 0.25) is 0 Å². The molecule has 0 saturated heterocycles. The number of hydrogen-bond acceptors (Lipinski definition) is 5. The van der Waals surface area contributed by atoms with Crippen molar-refractivity contribution in [3.05, 3.63) is 125 Å². The van der Waals surface area contributed by atoms with E-state index in [4.69, 9.17) is 4.74 Å². The molecule has 0 bridgehead atoms. The minimum absolute atomic E-state index is 0.0429. The molecule has 2 N–H and O–H groups in total. The van der Waals surface area contributed by atoms with Gasteiger partial charge in [0, 0.05) is 35.3 Å². The number of anilines is 2. The van der Waals surface area contributed by atoms with Crippen molar-refractivity contribution in [1.29, 1.82) is 0 Å². The molecule has 4 rings (SSSR count). The number of aryl methyl sites for hydroxylation is 1. The van der Waals surface area contributed by atoms with Crippen molar-refractivity contribution in [2.45, 2.75) is 46.6 Å². The highest BCUT2D eigenvalue weighted by Crippen LogP contribution is 2.25. The minimum atomic E-state index is -1.02. The molecule has 0 aromatic heterocycles. The van der Waals surface area contributed by atoms with Crippen LogP contribution >= 0.6 is 0 Å². The van der Waals surface area contributed by atoms with Crippen LogP contribution in [0.25, 0.3) is 0 Å². The highest BCUT2D eigenvalue weighted by atomic mass is 16.5. The number of nitrogens with one attached hydrogen (secondary N) is 1. The summed E-state index contributed by atoms with van der Waals surface area (Å²) in [7, 11) is 0. The van der Waals surface area contributed by atoms with Crippen molar-refractivity contribution in [2.24, 2.45) is 5.41 Å². The maximum atomic E-state index is 13.2. The van der Waals surface area contributed by atoms with Crippen molar-refractivity contribution in [3.63, 3.8) is 0 Å². The van der Waals surface area contributed by atoms with Crippen LogP contribution in [0, 0.1) is 12.3 Å². The number of amides is 1. The number of carboxylic acid groups (broad SMARTS) is 1. The van der Waals surface area contributed by atoms with Gasteiger partial charge in [0.05, 0.1) is 6.54 Å². The van der Waals surface area contributed by atoms with Gasteiger partial charge in [-0.2, -0.15) is 0 Å². The van der Waals surface area contributed by atoms with Crippen LogP contribution in [0.3, 0.4) is 0 Å². The van der Waals surface area contributed by atoms with Crippen LogP contribution in [-0.4, -0.2) is 42.0 Å². The average Bonchev–Trinajstić information content (AvgIpc) is 2.99. The summed E-state index contributed by atoms with van der Waals surface area (Å²) < 4.78 is 5.99. The third kappa shape index (κ3) is 9.04. The molecular weight excluding hydrogens is 552 g/mol. The number of carbonyl (C=O) groups excluding carboxylic acids is 2. The summed E-state index contributed by atoms with van der Waals surface area (Å²) >= 11 is 0. The number of benzene rings is 4. The second-order valence-electron chi connectivity index (χ2n) is 12.1. The van der Waals surface area contributed by atoms with E-state index >= 15 is 0 Å². The molecule has 0 spiro atoms. The number of aliphatic carboxylic acids is 1. The molecule has 0 aliphatic heterocycles. The molecule has 0 radical (unpaired) electrons. The van der Waals surface area contributed by atoms with E-state index in [-0.39, 0.29) is 23.5 Å². The minimum Gasteiger partial charge on any atom is -0.492 e. The number of para-hydroxylation sites is 1. The molecule has 0 saturated carbocycles. The van der Waals surface area contributed by atoms with E-state index in [1.54, 1.807) is 65.6 Å². The fourth-order valence-electron chi connectivity index (χ4n) is 4.89. The number of carboxylic acids is 1. The molecule has 0 aliphatic rings. The van der Waals surface area contributed by atoms with Gasteiger partial charge in [-0.15, -0.1) is 0 Å². The lowest BCUT2D eigenvalue weighted by atomic mass is 9.91. The quantitative estimate of drug-likeness (QED) is 0.160. The van der Waals surface area contributed by atoms with Gasteiger partial charge in [-0.1, -0.05) is 87.5 Å². The van der Waals surface area contributed by atoms with E-state index in [1.807, 2.05) is 70.2 Å². The molecule has 1 atom stereocenters. The maximum absolute atomic E-state index is 13.2. The molecule has 4 aromatic rings. The number of nitrogens with zero attached hydrogens (tertiary/aromatic N) is 1. The lowest BCUT2D eigenvalue weighted by Gasteiger charge is -2.27. The first-order valence-corrected chi connectivity index (χ1v) is 14.8. The van der Waals surface area contributed by atoms with Gasteiger partial charge in [0.1, 0.15) is 18.4 Å². The Hall–Kier alpha value is -4.91. The summed E-state index contributed by atoms with van der Waals surface area (Å²) in [5.74, 6) is -0.537. The van der Waals surface area contributed by atoms with Gasteiger partial charge in [0.15, 0.2) is 5.78 Å². The molecule has 1 unspecified atom stereocenters. The van der Waals surface area contributed by atoms with E-state index in [9.17, 15) is 19.5 Å². The topological polar surface area (TPSA) is 95.9 Å². The first-order chi connectivity index (χ1) is 21.0.